The van der Waals surface area contributed by atoms with Crippen LogP contribution in [0.2, 0.25) is 0 Å². The topological polar surface area (TPSA) is 65.0 Å². The van der Waals surface area contributed by atoms with Crippen LogP contribution in [-0.2, 0) is 17.8 Å². The van der Waals surface area contributed by atoms with Crippen LogP contribution in [0.25, 0.3) is 0 Å². The van der Waals surface area contributed by atoms with Crippen molar-refractivity contribution in [2.75, 3.05) is 26.2 Å². The van der Waals surface area contributed by atoms with Gasteiger partial charge in [-0.3, -0.25) is 4.90 Å². The van der Waals surface area contributed by atoms with Crippen LogP contribution >= 0.6 is 0 Å². The molecule has 0 bridgehead atoms. The molecule has 0 aromatic heterocycles. The number of piperidine rings is 1. The lowest BCUT2D eigenvalue weighted by Gasteiger charge is -2.42. The zero-order valence-corrected chi connectivity index (χ0v) is 18.4. The summed E-state index contributed by atoms with van der Waals surface area (Å²) in [6, 6.07) is 8.94. The van der Waals surface area contributed by atoms with Gasteiger partial charge >= 0.3 is 6.09 Å². The number of carbonyl (C=O) groups is 1. The van der Waals surface area contributed by atoms with E-state index in [0.717, 1.165) is 52.1 Å². The van der Waals surface area contributed by atoms with Gasteiger partial charge in [-0.05, 0) is 51.7 Å². The largest absolute Gasteiger partial charge is 0.444 e. The summed E-state index contributed by atoms with van der Waals surface area (Å²) >= 11 is 0. The molecule has 2 N–H and O–H groups in total. The third-order valence-corrected chi connectivity index (χ3v) is 5.95. The summed E-state index contributed by atoms with van der Waals surface area (Å²) < 4.78 is 5.44. The summed E-state index contributed by atoms with van der Waals surface area (Å²) in [5.74, 6) is 0.457. The molecule has 1 amide bonds. The van der Waals surface area contributed by atoms with Crippen LogP contribution in [0.1, 0.15) is 51.7 Å². The van der Waals surface area contributed by atoms with Gasteiger partial charge in [0, 0.05) is 51.2 Å². The molecule has 1 aromatic carbocycles. The first-order valence-corrected chi connectivity index (χ1v) is 10.9. The SMILES string of the molecule is C[C@@H](NCc1ccccc1CN1CCC(O)CC1)C1CN(C(=O)OC(C)(C)C)C1. The summed E-state index contributed by atoms with van der Waals surface area (Å²) in [5.41, 5.74) is 2.24. The Morgan fingerprint density at radius 2 is 1.83 bits per heavy atom. The van der Waals surface area contributed by atoms with E-state index in [4.69, 9.17) is 4.74 Å². The number of aliphatic hydroxyl groups is 1. The Balaban J connectivity index is 1.45. The Morgan fingerprint density at radius 1 is 1.21 bits per heavy atom. The van der Waals surface area contributed by atoms with E-state index in [9.17, 15) is 9.90 Å². The smallest absolute Gasteiger partial charge is 0.410 e. The van der Waals surface area contributed by atoms with Crippen LogP contribution in [0.5, 0.6) is 0 Å². The molecule has 0 radical (unpaired) electrons. The molecule has 3 rings (SSSR count). The number of amides is 1. The van der Waals surface area contributed by atoms with Crippen LogP contribution in [0, 0.1) is 5.92 Å². The second kappa shape index (κ2) is 9.45. The highest BCUT2D eigenvalue weighted by Crippen LogP contribution is 2.23. The zero-order chi connectivity index (χ0) is 21.0. The van der Waals surface area contributed by atoms with Gasteiger partial charge < -0.3 is 20.1 Å². The molecular weight excluding hydrogens is 366 g/mol. The van der Waals surface area contributed by atoms with E-state index in [1.54, 1.807) is 4.90 Å². The van der Waals surface area contributed by atoms with E-state index in [0.29, 0.717) is 12.0 Å². The highest BCUT2D eigenvalue weighted by molar-refractivity contribution is 5.69. The molecule has 0 aliphatic carbocycles. The maximum absolute atomic E-state index is 12.1. The summed E-state index contributed by atoms with van der Waals surface area (Å²) in [5, 5.41) is 13.4. The fraction of sp³-hybridized carbons (Fsp3) is 0.696. The number of nitrogens with one attached hydrogen (secondary N) is 1. The van der Waals surface area contributed by atoms with Crippen LogP contribution in [-0.4, -0.2) is 64.9 Å². The van der Waals surface area contributed by atoms with E-state index in [1.165, 1.54) is 11.1 Å². The molecule has 0 saturated carbocycles. The Morgan fingerprint density at radius 3 is 2.45 bits per heavy atom. The van der Waals surface area contributed by atoms with Gasteiger partial charge in [0.05, 0.1) is 6.10 Å². The van der Waals surface area contributed by atoms with E-state index >= 15 is 0 Å². The van der Waals surface area contributed by atoms with Crippen LogP contribution in [0.3, 0.4) is 0 Å². The number of ether oxygens (including phenoxy) is 1. The van der Waals surface area contributed by atoms with Gasteiger partial charge in [0.1, 0.15) is 5.60 Å². The van der Waals surface area contributed by atoms with Crippen LogP contribution < -0.4 is 5.32 Å². The molecule has 1 atom stereocenters. The van der Waals surface area contributed by atoms with Gasteiger partial charge in [-0.1, -0.05) is 24.3 Å². The molecule has 6 nitrogen and oxygen atoms in total. The van der Waals surface area contributed by atoms with Crippen molar-refractivity contribution in [3.8, 4) is 0 Å². The summed E-state index contributed by atoms with van der Waals surface area (Å²) in [7, 11) is 0. The Hall–Kier alpha value is -1.63. The minimum Gasteiger partial charge on any atom is -0.444 e. The molecule has 2 fully saturated rings. The molecular formula is C23H37N3O3. The molecule has 0 unspecified atom stereocenters. The standard InChI is InChI=1S/C23H37N3O3/c1-17(20-15-26(16-20)22(28)29-23(2,3)4)24-13-18-7-5-6-8-19(18)14-25-11-9-21(27)10-12-25/h5-8,17,20-21,24,27H,9-16H2,1-4H3/t17-/m1/s1. The molecule has 1 aromatic rings. The monoisotopic (exact) mass is 403 g/mol. The van der Waals surface area contributed by atoms with Gasteiger partial charge in [0.2, 0.25) is 0 Å². The number of nitrogens with zero attached hydrogens (tertiary/aromatic N) is 2. The number of carbonyl (C=O) groups excluding carboxylic acids is 1. The minimum atomic E-state index is -0.442. The first-order chi connectivity index (χ1) is 13.7. The summed E-state index contributed by atoms with van der Waals surface area (Å²) in [6.45, 7) is 13.1. The number of hydrogen-bond acceptors (Lipinski definition) is 5. The maximum atomic E-state index is 12.1. The highest BCUT2D eigenvalue weighted by atomic mass is 16.6. The first kappa shape index (κ1) is 22.1. The fourth-order valence-corrected chi connectivity index (χ4v) is 3.94. The van der Waals surface area contributed by atoms with Crippen molar-refractivity contribution in [1.29, 1.82) is 0 Å². The third kappa shape index (κ3) is 6.43. The summed E-state index contributed by atoms with van der Waals surface area (Å²) in [4.78, 5) is 16.3. The summed E-state index contributed by atoms with van der Waals surface area (Å²) in [6.07, 6.45) is 1.39. The number of rotatable bonds is 6. The van der Waals surface area contributed by atoms with E-state index < -0.39 is 5.60 Å². The number of benzene rings is 1. The quantitative estimate of drug-likeness (QED) is 0.764. The lowest BCUT2D eigenvalue weighted by atomic mass is 9.92. The Labute approximate surface area is 175 Å². The normalized spacial score (nSPS) is 20.4. The van der Waals surface area contributed by atoms with Crippen LogP contribution in [0.4, 0.5) is 4.79 Å². The van der Waals surface area contributed by atoms with Gasteiger partial charge in [-0.25, -0.2) is 4.79 Å². The number of aliphatic hydroxyl groups excluding tert-OH is 1. The zero-order valence-electron chi connectivity index (χ0n) is 18.4. The molecule has 162 valence electrons. The van der Waals surface area contributed by atoms with Crippen molar-refractivity contribution in [2.45, 2.75) is 71.4 Å². The average Bonchev–Trinajstić information content (AvgIpc) is 2.60. The molecule has 29 heavy (non-hydrogen) atoms. The van der Waals surface area contributed by atoms with Crippen molar-refractivity contribution in [1.82, 2.24) is 15.1 Å². The Bertz CT molecular complexity index is 674. The average molecular weight is 404 g/mol. The molecule has 6 heteroatoms. The Kier molecular flexibility index (Phi) is 7.19. The lowest BCUT2D eigenvalue weighted by Crippen LogP contribution is -2.57. The number of hydrogen-bond donors (Lipinski definition) is 2. The van der Waals surface area contributed by atoms with Gasteiger partial charge in [-0.2, -0.15) is 0 Å². The van der Waals surface area contributed by atoms with Gasteiger partial charge in [0.25, 0.3) is 0 Å². The third-order valence-electron chi connectivity index (χ3n) is 5.95. The van der Waals surface area contributed by atoms with Gasteiger partial charge in [-0.15, -0.1) is 0 Å². The second-order valence-corrected chi connectivity index (χ2v) is 9.59. The second-order valence-electron chi connectivity index (χ2n) is 9.59. The molecule has 2 saturated heterocycles. The molecule has 0 spiro atoms. The van der Waals surface area contributed by atoms with Crippen molar-refractivity contribution < 1.29 is 14.6 Å². The predicted molar refractivity (Wildman–Crippen MR) is 115 cm³/mol. The first-order valence-electron chi connectivity index (χ1n) is 10.9. The van der Waals surface area contributed by atoms with Gasteiger partial charge in [0.15, 0.2) is 0 Å². The van der Waals surface area contributed by atoms with E-state index in [2.05, 4.69) is 41.4 Å². The van der Waals surface area contributed by atoms with Crippen LogP contribution in [0.15, 0.2) is 24.3 Å². The van der Waals surface area contributed by atoms with E-state index in [-0.39, 0.29) is 12.2 Å². The van der Waals surface area contributed by atoms with Crippen molar-refractivity contribution in [3.63, 3.8) is 0 Å². The van der Waals surface area contributed by atoms with Crippen molar-refractivity contribution in [2.24, 2.45) is 5.92 Å². The maximum Gasteiger partial charge on any atom is 0.410 e. The fourth-order valence-electron chi connectivity index (χ4n) is 3.94. The van der Waals surface area contributed by atoms with Crippen molar-refractivity contribution >= 4 is 6.09 Å². The minimum absolute atomic E-state index is 0.133. The lowest BCUT2D eigenvalue weighted by molar-refractivity contribution is -0.00581. The molecule has 2 heterocycles. The van der Waals surface area contributed by atoms with E-state index in [1.807, 2.05) is 20.8 Å². The number of likely N-dealkylation sites (tertiary alicyclic amines) is 2. The van der Waals surface area contributed by atoms with Crippen molar-refractivity contribution in [3.05, 3.63) is 35.4 Å². The molecule has 2 aliphatic rings. The highest BCUT2D eigenvalue weighted by Gasteiger charge is 2.36. The predicted octanol–water partition coefficient (Wildman–Crippen LogP) is 2.99. The molecule has 2 aliphatic heterocycles.